The van der Waals surface area contributed by atoms with Gasteiger partial charge in [0, 0.05) is 32.4 Å². The smallest absolute Gasteiger partial charge is 0.193 e. The lowest BCUT2D eigenvalue weighted by molar-refractivity contribution is 0.215. The molecule has 1 heterocycles. The molecule has 1 N–H and O–H groups in total. The van der Waals surface area contributed by atoms with Crippen molar-refractivity contribution in [2.45, 2.75) is 39.0 Å². The molecule has 6 heteroatoms. The Kier molecular flexibility index (Phi) is 7.94. The van der Waals surface area contributed by atoms with Crippen molar-refractivity contribution < 1.29 is 8.42 Å². The van der Waals surface area contributed by atoms with Gasteiger partial charge in [0.2, 0.25) is 0 Å². The first-order valence-corrected chi connectivity index (χ1v) is 11.8. The van der Waals surface area contributed by atoms with Crippen LogP contribution in [-0.4, -0.2) is 57.5 Å². The zero-order valence-electron chi connectivity index (χ0n) is 16.3. The minimum Gasteiger partial charge on any atom is -0.357 e. The second-order valence-electron chi connectivity index (χ2n) is 7.14. The van der Waals surface area contributed by atoms with E-state index in [1.54, 1.807) is 0 Å². The van der Waals surface area contributed by atoms with Crippen molar-refractivity contribution >= 4 is 15.8 Å². The molecule has 0 saturated carbocycles. The number of nitrogens with one attached hydrogen (secondary N) is 1. The van der Waals surface area contributed by atoms with Gasteiger partial charge in [-0.05, 0) is 37.2 Å². The van der Waals surface area contributed by atoms with Crippen molar-refractivity contribution in [3.8, 4) is 0 Å². The molecule has 26 heavy (non-hydrogen) atoms. The molecule has 146 valence electrons. The Balaban J connectivity index is 2.01. The maximum atomic E-state index is 11.3. The molecule has 1 aliphatic rings. The highest BCUT2D eigenvalue weighted by molar-refractivity contribution is 7.90. The monoisotopic (exact) mass is 379 g/mol. The summed E-state index contributed by atoms with van der Waals surface area (Å²) in [6, 6.07) is 10.8. The quantitative estimate of drug-likeness (QED) is 0.449. The standard InChI is InChI=1S/C20H33N3O2S/c1-4-17-16-23(14-12-19(17)18-10-7-6-8-11-18)20(21-5-2)22-13-9-15-26(3,24)25/h6-8,10-11,17,19H,4-5,9,12-16H2,1-3H3,(H,21,22). The van der Waals surface area contributed by atoms with E-state index in [1.807, 2.05) is 0 Å². The van der Waals surface area contributed by atoms with E-state index in [-0.39, 0.29) is 5.75 Å². The molecular formula is C20H33N3O2S. The first-order valence-electron chi connectivity index (χ1n) is 9.70. The second-order valence-corrected chi connectivity index (χ2v) is 9.40. The van der Waals surface area contributed by atoms with Crippen molar-refractivity contribution in [3.05, 3.63) is 35.9 Å². The van der Waals surface area contributed by atoms with Gasteiger partial charge in [0.05, 0.1) is 5.75 Å². The molecule has 0 bridgehead atoms. The van der Waals surface area contributed by atoms with Gasteiger partial charge in [-0.15, -0.1) is 0 Å². The van der Waals surface area contributed by atoms with Crippen molar-refractivity contribution in [1.29, 1.82) is 0 Å². The largest absolute Gasteiger partial charge is 0.357 e. The Morgan fingerprint density at radius 1 is 1.27 bits per heavy atom. The van der Waals surface area contributed by atoms with Gasteiger partial charge in [-0.1, -0.05) is 43.7 Å². The van der Waals surface area contributed by atoms with Gasteiger partial charge in [-0.2, -0.15) is 0 Å². The third kappa shape index (κ3) is 6.31. The minimum absolute atomic E-state index is 0.198. The molecule has 5 nitrogen and oxygen atoms in total. The molecule has 2 rings (SSSR count). The molecule has 0 aliphatic carbocycles. The lowest BCUT2D eigenvalue weighted by atomic mass is 9.79. The molecule has 2 unspecified atom stereocenters. The summed E-state index contributed by atoms with van der Waals surface area (Å²) in [4.78, 5) is 7.02. The predicted octanol–water partition coefficient (Wildman–Crippen LogP) is 2.90. The highest BCUT2D eigenvalue weighted by atomic mass is 32.2. The first-order chi connectivity index (χ1) is 12.4. The van der Waals surface area contributed by atoms with Crippen LogP contribution < -0.4 is 5.32 Å². The topological polar surface area (TPSA) is 61.8 Å². The molecule has 0 radical (unpaired) electrons. The normalized spacial score (nSPS) is 21.7. The van der Waals surface area contributed by atoms with Gasteiger partial charge >= 0.3 is 0 Å². The van der Waals surface area contributed by atoms with E-state index in [4.69, 9.17) is 0 Å². The average Bonchev–Trinajstić information content (AvgIpc) is 2.63. The van der Waals surface area contributed by atoms with E-state index in [0.29, 0.717) is 24.8 Å². The summed E-state index contributed by atoms with van der Waals surface area (Å²) in [6.07, 6.45) is 4.12. The zero-order chi connectivity index (χ0) is 19.0. The summed E-state index contributed by atoms with van der Waals surface area (Å²) in [5.41, 5.74) is 1.44. The van der Waals surface area contributed by atoms with Gasteiger partial charge in [0.25, 0.3) is 0 Å². The highest BCUT2D eigenvalue weighted by Crippen LogP contribution is 2.34. The summed E-state index contributed by atoms with van der Waals surface area (Å²) in [7, 11) is -2.91. The number of hydrogen-bond donors (Lipinski definition) is 1. The third-order valence-corrected chi connectivity index (χ3v) is 6.09. The zero-order valence-corrected chi connectivity index (χ0v) is 17.1. The Morgan fingerprint density at radius 2 is 2.00 bits per heavy atom. The first kappa shape index (κ1) is 20.7. The van der Waals surface area contributed by atoms with Crippen molar-refractivity contribution in [2.24, 2.45) is 10.9 Å². The number of guanidine groups is 1. The van der Waals surface area contributed by atoms with Crippen molar-refractivity contribution in [2.75, 3.05) is 38.2 Å². The van der Waals surface area contributed by atoms with E-state index >= 15 is 0 Å². The van der Waals surface area contributed by atoms with Gasteiger partial charge in [-0.25, -0.2) is 8.42 Å². The fourth-order valence-electron chi connectivity index (χ4n) is 3.71. The highest BCUT2D eigenvalue weighted by Gasteiger charge is 2.30. The Labute approximate surface area is 158 Å². The van der Waals surface area contributed by atoms with Crippen LogP contribution in [0.1, 0.15) is 44.6 Å². The maximum Gasteiger partial charge on any atom is 0.193 e. The van der Waals surface area contributed by atoms with Crippen LogP contribution in [0.5, 0.6) is 0 Å². The molecule has 1 fully saturated rings. The van der Waals surface area contributed by atoms with E-state index in [1.165, 1.54) is 11.8 Å². The van der Waals surface area contributed by atoms with Gasteiger partial charge in [-0.3, -0.25) is 4.99 Å². The number of rotatable bonds is 7. The number of piperidine rings is 1. The second kappa shape index (κ2) is 9.95. The number of nitrogens with zero attached hydrogens (tertiary/aromatic N) is 2. The van der Waals surface area contributed by atoms with Crippen molar-refractivity contribution in [3.63, 3.8) is 0 Å². The maximum absolute atomic E-state index is 11.3. The van der Waals surface area contributed by atoms with Gasteiger partial charge in [0.15, 0.2) is 5.96 Å². The van der Waals surface area contributed by atoms with E-state index in [9.17, 15) is 8.42 Å². The summed E-state index contributed by atoms with van der Waals surface area (Å²) in [5, 5.41) is 3.38. The van der Waals surface area contributed by atoms with Crippen LogP contribution in [-0.2, 0) is 9.84 Å². The Hall–Kier alpha value is -1.56. The molecular weight excluding hydrogens is 346 g/mol. The molecule has 1 aromatic rings. The predicted molar refractivity (Wildman–Crippen MR) is 109 cm³/mol. The molecule has 2 atom stereocenters. The SMILES string of the molecule is CCNC(=NCCCS(C)(=O)=O)N1CCC(c2ccccc2)C(CC)C1. The number of benzene rings is 1. The molecule has 1 aliphatic heterocycles. The van der Waals surface area contributed by atoms with Crippen molar-refractivity contribution in [1.82, 2.24) is 10.2 Å². The molecule has 0 aromatic heterocycles. The Morgan fingerprint density at radius 3 is 2.62 bits per heavy atom. The lowest BCUT2D eigenvalue weighted by Crippen LogP contribution is -2.48. The Bertz CT molecular complexity index is 674. The fourth-order valence-corrected chi connectivity index (χ4v) is 4.37. The van der Waals surface area contributed by atoms with E-state index in [2.05, 4.69) is 59.4 Å². The summed E-state index contributed by atoms with van der Waals surface area (Å²) >= 11 is 0. The van der Waals surface area contributed by atoms with Crippen LogP contribution in [0.25, 0.3) is 0 Å². The minimum atomic E-state index is -2.91. The van der Waals surface area contributed by atoms with Gasteiger partial charge in [0.1, 0.15) is 9.84 Å². The van der Waals surface area contributed by atoms with E-state index < -0.39 is 9.84 Å². The molecule has 0 amide bonds. The fraction of sp³-hybridized carbons (Fsp3) is 0.650. The number of sulfone groups is 1. The lowest BCUT2D eigenvalue weighted by Gasteiger charge is -2.40. The van der Waals surface area contributed by atoms with Crippen LogP contribution in [0.3, 0.4) is 0 Å². The molecule has 0 spiro atoms. The number of hydrogen-bond acceptors (Lipinski definition) is 3. The van der Waals surface area contributed by atoms with Crippen LogP contribution in [0.2, 0.25) is 0 Å². The van der Waals surface area contributed by atoms with E-state index in [0.717, 1.165) is 38.4 Å². The van der Waals surface area contributed by atoms with Crippen LogP contribution in [0.4, 0.5) is 0 Å². The average molecular weight is 380 g/mol. The molecule has 1 saturated heterocycles. The summed E-state index contributed by atoms with van der Waals surface area (Å²) in [5.74, 6) is 2.33. The van der Waals surface area contributed by atoms with Gasteiger partial charge < -0.3 is 10.2 Å². The summed E-state index contributed by atoms with van der Waals surface area (Å²) in [6.45, 7) is 7.67. The van der Waals surface area contributed by atoms with Crippen LogP contribution >= 0.6 is 0 Å². The summed E-state index contributed by atoms with van der Waals surface area (Å²) < 4.78 is 22.6. The van der Waals surface area contributed by atoms with Crippen LogP contribution in [0, 0.1) is 5.92 Å². The van der Waals surface area contributed by atoms with Crippen LogP contribution in [0.15, 0.2) is 35.3 Å². The number of aliphatic imine (C=N–C) groups is 1. The molecule has 1 aromatic carbocycles. The third-order valence-electron chi connectivity index (χ3n) is 5.06. The number of likely N-dealkylation sites (tertiary alicyclic amines) is 1.